The minimum atomic E-state index is -0.382. The smallest absolute Gasteiger partial charge is 0.333 e. The summed E-state index contributed by atoms with van der Waals surface area (Å²) in [6.45, 7) is 0. The van der Waals surface area contributed by atoms with E-state index < -0.39 is 0 Å². The van der Waals surface area contributed by atoms with E-state index in [0.29, 0.717) is 11.1 Å². The maximum absolute atomic E-state index is 11.5. The molecule has 68 valence electrons. The van der Waals surface area contributed by atoms with Crippen molar-refractivity contribution in [1.29, 1.82) is 0 Å². The van der Waals surface area contributed by atoms with Crippen LogP contribution in [0.5, 0.6) is 0 Å². The molecule has 2 heterocycles. The molecule has 0 aliphatic heterocycles. The summed E-state index contributed by atoms with van der Waals surface area (Å²) >= 11 is 0. The maximum atomic E-state index is 11.5. The average molecular weight is 180 g/mol. The summed E-state index contributed by atoms with van der Waals surface area (Å²) in [5.41, 5.74) is -0.396. The van der Waals surface area contributed by atoms with Gasteiger partial charge in [-0.15, -0.1) is 0 Å². The Kier molecular flexibility index (Phi) is 1.42. The molecule has 5 heteroatoms. The van der Waals surface area contributed by atoms with Crippen LogP contribution in [-0.2, 0) is 14.1 Å². The Morgan fingerprint density at radius 1 is 1.23 bits per heavy atom. The quantitative estimate of drug-likeness (QED) is 0.565. The third-order valence-corrected chi connectivity index (χ3v) is 2.06. The third kappa shape index (κ3) is 0.867. The zero-order valence-electron chi connectivity index (χ0n) is 7.27. The standard InChI is InChI=1S/C8H8N2O3/c1-9-6(11)5-3-4-13-7(5)10(2)8(9)12/h3-4H,1-2H3. The lowest BCUT2D eigenvalue weighted by molar-refractivity contribution is 0.563. The molecular formula is C8H8N2O3. The van der Waals surface area contributed by atoms with E-state index in [-0.39, 0.29) is 11.2 Å². The highest BCUT2D eigenvalue weighted by atomic mass is 16.3. The fourth-order valence-corrected chi connectivity index (χ4v) is 1.30. The van der Waals surface area contributed by atoms with Crippen molar-refractivity contribution in [3.05, 3.63) is 33.2 Å². The van der Waals surface area contributed by atoms with Crippen molar-refractivity contribution in [2.45, 2.75) is 0 Å². The highest BCUT2D eigenvalue weighted by Crippen LogP contribution is 2.06. The second kappa shape index (κ2) is 2.35. The number of nitrogens with zero attached hydrogens (tertiary/aromatic N) is 2. The average Bonchev–Trinajstić information content (AvgIpc) is 2.59. The molecule has 2 aromatic heterocycles. The van der Waals surface area contributed by atoms with E-state index in [1.165, 1.54) is 17.9 Å². The zero-order chi connectivity index (χ0) is 9.59. The topological polar surface area (TPSA) is 57.1 Å². The van der Waals surface area contributed by atoms with E-state index in [2.05, 4.69) is 0 Å². The number of aryl methyl sites for hydroxylation is 1. The molecule has 2 aromatic rings. The molecular weight excluding hydrogens is 172 g/mol. The van der Waals surface area contributed by atoms with Crippen molar-refractivity contribution >= 4 is 11.1 Å². The van der Waals surface area contributed by atoms with Gasteiger partial charge in [0.2, 0.25) is 5.71 Å². The molecule has 0 aliphatic rings. The maximum Gasteiger partial charge on any atom is 0.333 e. The molecule has 0 fully saturated rings. The molecule has 0 saturated heterocycles. The zero-order valence-corrected chi connectivity index (χ0v) is 7.27. The molecule has 0 bridgehead atoms. The van der Waals surface area contributed by atoms with E-state index in [1.807, 2.05) is 0 Å². The van der Waals surface area contributed by atoms with E-state index >= 15 is 0 Å². The van der Waals surface area contributed by atoms with Gasteiger partial charge in [-0.25, -0.2) is 4.79 Å². The summed E-state index contributed by atoms with van der Waals surface area (Å²) < 4.78 is 7.37. The van der Waals surface area contributed by atoms with Gasteiger partial charge in [-0.05, 0) is 6.07 Å². The molecule has 0 amide bonds. The summed E-state index contributed by atoms with van der Waals surface area (Å²) in [5, 5.41) is 0.421. The molecule has 0 spiro atoms. The Bertz CT molecular complexity index is 573. The minimum absolute atomic E-state index is 0.313. The van der Waals surface area contributed by atoms with E-state index in [9.17, 15) is 9.59 Å². The lowest BCUT2D eigenvalue weighted by Crippen LogP contribution is -2.36. The van der Waals surface area contributed by atoms with Crippen LogP contribution in [0.2, 0.25) is 0 Å². The van der Waals surface area contributed by atoms with E-state index in [1.54, 1.807) is 13.1 Å². The number of hydrogen-bond donors (Lipinski definition) is 0. The molecule has 13 heavy (non-hydrogen) atoms. The SMILES string of the molecule is Cn1c(=O)c2ccoc2n(C)c1=O. The summed E-state index contributed by atoms with van der Waals surface area (Å²) in [6, 6.07) is 1.55. The van der Waals surface area contributed by atoms with Gasteiger partial charge < -0.3 is 4.42 Å². The van der Waals surface area contributed by atoms with Crippen LogP contribution >= 0.6 is 0 Å². The number of hydrogen-bond acceptors (Lipinski definition) is 3. The monoisotopic (exact) mass is 180 g/mol. The van der Waals surface area contributed by atoms with Crippen LogP contribution in [0, 0.1) is 0 Å². The van der Waals surface area contributed by atoms with E-state index in [0.717, 1.165) is 4.57 Å². The molecule has 0 saturated carbocycles. The summed E-state index contributed by atoms with van der Waals surface area (Å²) in [7, 11) is 3.00. The number of furan rings is 1. The molecule has 2 rings (SSSR count). The van der Waals surface area contributed by atoms with Crippen LogP contribution in [0.4, 0.5) is 0 Å². The van der Waals surface area contributed by atoms with Crippen LogP contribution in [-0.4, -0.2) is 9.13 Å². The van der Waals surface area contributed by atoms with Crippen molar-refractivity contribution < 1.29 is 4.42 Å². The van der Waals surface area contributed by atoms with Gasteiger partial charge in [0.05, 0.1) is 6.26 Å². The van der Waals surface area contributed by atoms with Crippen LogP contribution in [0.25, 0.3) is 11.1 Å². The van der Waals surface area contributed by atoms with Crippen LogP contribution in [0.1, 0.15) is 0 Å². The summed E-state index contributed by atoms with van der Waals surface area (Å²) in [5.74, 6) is 0. The van der Waals surface area contributed by atoms with Crippen molar-refractivity contribution in [2.75, 3.05) is 0 Å². The first-order chi connectivity index (χ1) is 6.13. The van der Waals surface area contributed by atoms with Crippen molar-refractivity contribution in [1.82, 2.24) is 9.13 Å². The Morgan fingerprint density at radius 3 is 2.62 bits per heavy atom. The predicted octanol–water partition coefficient (Wildman–Crippen LogP) is -0.170. The molecule has 0 radical (unpaired) electrons. The highest BCUT2D eigenvalue weighted by molar-refractivity contribution is 5.71. The Hall–Kier alpha value is -1.78. The van der Waals surface area contributed by atoms with Gasteiger partial charge in [-0.2, -0.15) is 0 Å². The van der Waals surface area contributed by atoms with Crippen LogP contribution in [0.15, 0.2) is 26.3 Å². The normalized spacial score (nSPS) is 10.9. The number of aromatic nitrogens is 2. The van der Waals surface area contributed by atoms with Gasteiger partial charge in [-0.3, -0.25) is 13.9 Å². The molecule has 0 aliphatic carbocycles. The fraction of sp³-hybridized carbons (Fsp3) is 0.250. The van der Waals surface area contributed by atoms with Crippen LogP contribution < -0.4 is 11.2 Å². The molecule has 0 N–H and O–H groups in total. The molecule has 5 nitrogen and oxygen atoms in total. The highest BCUT2D eigenvalue weighted by Gasteiger charge is 2.09. The van der Waals surface area contributed by atoms with Crippen molar-refractivity contribution in [3.8, 4) is 0 Å². The lowest BCUT2D eigenvalue weighted by atomic mass is 10.4. The molecule has 0 aromatic carbocycles. The first-order valence-electron chi connectivity index (χ1n) is 3.76. The second-order valence-corrected chi connectivity index (χ2v) is 2.85. The van der Waals surface area contributed by atoms with Gasteiger partial charge in [-0.1, -0.05) is 0 Å². The van der Waals surface area contributed by atoms with Gasteiger partial charge >= 0.3 is 5.69 Å². The summed E-state index contributed by atoms with van der Waals surface area (Å²) in [4.78, 5) is 22.8. The van der Waals surface area contributed by atoms with Crippen molar-refractivity contribution in [3.63, 3.8) is 0 Å². The molecule has 0 unspecified atom stereocenters. The molecule has 0 atom stereocenters. The second-order valence-electron chi connectivity index (χ2n) is 2.85. The Balaban J connectivity index is 3.21. The Morgan fingerprint density at radius 2 is 1.92 bits per heavy atom. The van der Waals surface area contributed by atoms with Crippen LogP contribution in [0.3, 0.4) is 0 Å². The first kappa shape index (κ1) is 7.85. The third-order valence-electron chi connectivity index (χ3n) is 2.06. The Labute approximate surface area is 72.8 Å². The van der Waals surface area contributed by atoms with Gasteiger partial charge in [0.15, 0.2) is 0 Å². The van der Waals surface area contributed by atoms with Gasteiger partial charge in [0.25, 0.3) is 5.56 Å². The van der Waals surface area contributed by atoms with Crippen molar-refractivity contribution in [2.24, 2.45) is 14.1 Å². The summed E-state index contributed by atoms with van der Waals surface area (Å²) in [6.07, 6.45) is 1.39. The number of rotatable bonds is 0. The van der Waals surface area contributed by atoms with Gasteiger partial charge in [0.1, 0.15) is 5.39 Å². The predicted molar refractivity (Wildman–Crippen MR) is 46.7 cm³/mol. The minimum Gasteiger partial charge on any atom is -0.447 e. The lowest BCUT2D eigenvalue weighted by Gasteiger charge is -2.00. The van der Waals surface area contributed by atoms with E-state index in [4.69, 9.17) is 4.42 Å². The fourth-order valence-electron chi connectivity index (χ4n) is 1.30. The largest absolute Gasteiger partial charge is 0.447 e. The first-order valence-corrected chi connectivity index (χ1v) is 3.76. The number of fused-ring (bicyclic) bond motifs is 1. The van der Waals surface area contributed by atoms with Gasteiger partial charge in [0, 0.05) is 14.1 Å².